The van der Waals surface area contributed by atoms with Gasteiger partial charge in [-0.1, -0.05) is 31.2 Å². The van der Waals surface area contributed by atoms with Gasteiger partial charge in [0.05, 0.1) is 29.5 Å². The molecule has 1 aromatic heterocycles. The molecule has 0 atom stereocenters. The van der Waals surface area contributed by atoms with E-state index in [1.54, 1.807) is 43.3 Å². The van der Waals surface area contributed by atoms with Crippen LogP contribution in [0.3, 0.4) is 0 Å². The monoisotopic (exact) mass is 386 g/mol. The first-order valence-corrected chi connectivity index (χ1v) is 10.0. The van der Waals surface area contributed by atoms with Crippen molar-refractivity contribution in [2.45, 2.75) is 13.3 Å². The lowest BCUT2D eigenvalue weighted by molar-refractivity contribution is 0.600. The Morgan fingerprint density at radius 1 is 1.07 bits per heavy atom. The third-order valence-corrected chi connectivity index (χ3v) is 5.37. The van der Waals surface area contributed by atoms with Gasteiger partial charge in [0.1, 0.15) is 11.6 Å². The molecule has 2 aromatic carbocycles. The van der Waals surface area contributed by atoms with Crippen LogP contribution in [0, 0.1) is 5.82 Å². The van der Waals surface area contributed by atoms with Crippen molar-refractivity contribution in [1.29, 1.82) is 0 Å². The second-order valence-electron chi connectivity index (χ2n) is 5.99. The number of rotatable bonds is 6. The summed E-state index contributed by atoms with van der Waals surface area (Å²) in [7, 11) is -3.45. The molecule has 0 fully saturated rings. The molecule has 0 radical (unpaired) electrons. The van der Waals surface area contributed by atoms with Crippen molar-refractivity contribution in [3.05, 3.63) is 60.7 Å². The molecular weight excluding hydrogens is 367 g/mol. The van der Waals surface area contributed by atoms with Gasteiger partial charge in [-0.05, 0) is 30.2 Å². The van der Waals surface area contributed by atoms with Gasteiger partial charge in [-0.25, -0.2) is 17.8 Å². The summed E-state index contributed by atoms with van der Waals surface area (Å²) in [6.07, 6.45) is 3.27. The molecule has 0 spiro atoms. The summed E-state index contributed by atoms with van der Waals surface area (Å²) in [5, 5.41) is 0. The van der Waals surface area contributed by atoms with Crippen LogP contribution in [-0.4, -0.2) is 24.1 Å². The van der Waals surface area contributed by atoms with E-state index >= 15 is 0 Å². The second-order valence-corrected chi connectivity index (χ2v) is 7.83. The zero-order valence-corrected chi connectivity index (χ0v) is 15.5. The van der Waals surface area contributed by atoms with Gasteiger partial charge in [-0.15, -0.1) is 0 Å². The summed E-state index contributed by atoms with van der Waals surface area (Å²) in [6, 6.07) is 11.5. The molecule has 0 aliphatic rings. The molecule has 3 N–H and O–H groups in total. The third kappa shape index (κ3) is 4.40. The Labute approximate surface area is 157 Å². The SMILES string of the molecule is CCCS(=O)(=O)Nc1ccccc1-c1ccc(-c2cnc(N)cn2)c(F)c1. The highest BCUT2D eigenvalue weighted by Crippen LogP contribution is 2.32. The maximum absolute atomic E-state index is 14.7. The van der Waals surface area contributed by atoms with Crippen LogP contribution in [0.1, 0.15) is 13.3 Å². The van der Waals surface area contributed by atoms with E-state index in [0.29, 0.717) is 28.9 Å². The molecule has 0 aliphatic carbocycles. The second kappa shape index (κ2) is 7.71. The van der Waals surface area contributed by atoms with Gasteiger partial charge in [0.15, 0.2) is 0 Å². The zero-order valence-electron chi connectivity index (χ0n) is 14.7. The van der Waals surface area contributed by atoms with Gasteiger partial charge in [-0.2, -0.15) is 0 Å². The quantitative estimate of drug-likeness (QED) is 0.673. The average Bonchev–Trinajstić information content (AvgIpc) is 2.62. The van der Waals surface area contributed by atoms with Gasteiger partial charge in [-0.3, -0.25) is 9.71 Å². The molecule has 8 heteroatoms. The van der Waals surface area contributed by atoms with E-state index in [2.05, 4.69) is 14.7 Å². The Bertz CT molecular complexity index is 1050. The lowest BCUT2D eigenvalue weighted by Gasteiger charge is -2.13. The molecule has 3 rings (SSSR count). The van der Waals surface area contributed by atoms with Crippen molar-refractivity contribution < 1.29 is 12.8 Å². The van der Waals surface area contributed by atoms with Gasteiger partial charge in [0.2, 0.25) is 10.0 Å². The van der Waals surface area contributed by atoms with E-state index in [1.165, 1.54) is 18.5 Å². The minimum atomic E-state index is -3.45. The Hall–Kier alpha value is -3.00. The van der Waals surface area contributed by atoms with Crippen molar-refractivity contribution in [2.75, 3.05) is 16.2 Å². The minimum Gasteiger partial charge on any atom is -0.382 e. The normalized spacial score (nSPS) is 11.3. The largest absolute Gasteiger partial charge is 0.382 e. The van der Waals surface area contributed by atoms with E-state index in [-0.39, 0.29) is 17.1 Å². The number of aromatic nitrogens is 2. The molecule has 1 heterocycles. The molecule has 0 aliphatic heterocycles. The van der Waals surface area contributed by atoms with Gasteiger partial charge in [0.25, 0.3) is 0 Å². The number of anilines is 2. The topological polar surface area (TPSA) is 98.0 Å². The van der Waals surface area contributed by atoms with Crippen LogP contribution in [0.25, 0.3) is 22.4 Å². The Morgan fingerprint density at radius 2 is 1.85 bits per heavy atom. The number of benzene rings is 2. The number of nitrogens with zero attached hydrogens (tertiary/aromatic N) is 2. The van der Waals surface area contributed by atoms with E-state index in [0.717, 1.165) is 0 Å². The first-order valence-electron chi connectivity index (χ1n) is 8.37. The van der Waals surface area contributed by atoms with Crippen molar-refractivity contribution >= 4 is 21.5 Å². The standard InChI is InChI=1S/C19H19FN4O2S/c1-2-9-27(25,26)24-17-6-4-3-5-14(17)13-7-8-15(16(20)10-13)18-11-23-19(21)12-22-18/h3-8,10-12,24H,2,9H2,1H3,(H2,21,23). The van der Waals surface area contributed by atoms with Crippen molar-refractivity contribution in [1.82, 2.24) is 9.97 Å². The number of hydrogen-bond donors (Lipinski definition) is 2. The zero-order chi connectivity index (χ0) is 19.4. The predicted octanol–water partition coefficient (Wildman–Crippen LogP) is 3.68. The first-order chi connectivity index (χ1) is 12.9. The fourth-order valence-corrected chi connectivity index (χ4v) is 3.83. The highest BCUT2D eigenvalue weighted by molar-refractivity contribution is 7.92. The van der Waals surface area contributed by atoms with Crippen LogP contribution in [0.15, 0.2) is 54.9 Å². The van der Waals surface area contributed by atoms with Gasteiger partial charge >= 0.3 is 0 Å². The summed E-state index contributed by atoms with van der Waals surface area (Å²) >= 11 is 0. The number of hydrogen-bond acceptors (Lipinski definition) is 5. The third-order valence-electron chi connectivity index (χ3n) is 3.89. The highest BCUT2D eigenvalue weighted by Gasteiger charge is 2.14. The summed E-state index contributed by atoms with van der Waals surface area (Å²) < 4.78 is 41.5. The van der Waals surface area contributed by atoms with E-state index in [9.17, 15) is 12.8 Å². The Morgan fingerprint density at radius 3 is 2.52 bits per heavy atom. The van der Waals surface area contributed by atoms with Crippen molar-refractivity contribution in [3.8, 4) is 22.4 Å². The average molecular weight is 386 g/mol. The van der Waals surface area contributed by atoms with Crippen LogP contribution in [-0.2, 0) is 10.0 Å². The number of nitrogen functional groups attached to an aromatic ring is 1. The summed E-state index contributed by atoms with van der Waals surface area (Å²) in [6.45, 7) is 1.79. The van der Waals surface area contributed by atoms with E-state index in [1.807, 2.05) is 0 Å². The van der Waals surface area contributed by atoms with Gasteiger partial charge in [0, 0.05) is 11.1 Å². The highest BCUT2D eigenvalue weighted by atomic mass is 32.2. The van der Waals surface area contributed by atoms with E-state index < -0.39 is 15.8 Å². The molecule has 0 saturated carbocycles. The number of nitrogens with two attached hydrogens (primary N) is 1. The van der Waals surface area contributed by atoms with Crippen LogP contribution in [0.2, 0.25) is 0 Å². The van der Waals surface area contributed by atoms with Gasteiger partial charge < -0.3 is 5.73 Å². The molecule has 0 amide bonds. The lowest BCUT2D eigenvalue weighted by atomic mass is 10.0. The van der Waals surface area contributed by atoms with Crippen molar-refractivity contribution in [3.63, 3.8) is 0 Å². The summed E-state index contributed by atoms with van der Waals surface area (Å²) in [5.74, 6) is -0.216. The van der Waals surface area contributed by atoms with E-state index in [4.69, 9.17) is 5.73 Å². The molecule has 6 nitrogen and oxygen atoms in total. The maximum atomic E-state index is 14.7. The van der Waals surface area contributed by atoms with Crippen LogP contribution in [0.4, 0.5) is 15.9 Å². The number of halogens is 1. The minimum absolute atomic E-state index is 0.0183. The lowest BCUT2D eigenvalue weighted by Crippen LogP contribution is -2.16. The summed E-state index contributed by atoms with van der Waals surface area (Å²) in [5.41, 5.74) is 7.71. The summed E-state index contributed by atoms with van der Waals surface area (Å²) in [4.78, 5) is 8.00. The number of para-hydroxylation sites is 1. The fourth-order valence-electron chi connectivity index (χ4n) is 2.68. The molecular formula is C19H19FN4O2S. The maximum Gasteiger partial charge on any atom is 0.232 e. The Kier molecular flexibility index (Phi) is 5.36. The van der Waals surface area contributed by atoms with Crippen LogP contribution in [0.5, 0.6) is 0 Å². The molecule has 140 valence electrons. The molecule has 0 unspecified atom stereocenters. The smallest absolute Gasteiger partial charge is 0.232 e. The predicted molar refractivity (Wildman–Crippen MR) is 105 cm³/mol. The van der Waals surface area contributed by atoms with Crippen molar-refractivity contribution in [2.24, 2.45) is 0 Å². The fraction of sp³-hybridized carbons (Fsp3) is 0.158. The number of nitrogens with one attached hydrogen (secondary N) is 1. The molecule has 3 aromatic rings. The van der Waals surface area contributed by atoms with Crippen LogP contribution >= 0.6 is 0 Å². The van der Waals surface area contributed by atoms with Crippen LogP contribution < -0.4 is 10.5 Å². The molecule has 27 heavy (non-hydrogen) atoms. The first kappa shape index (κ1) is 18.8. The number of sulfonamides is 1. The Balaban J connectivity index is 1.98. The molecule has 0 saturated heterocycles. The molecule has 0 bridgehead atoms.